The van der Waals surface area contributed by atoms with E-state index in [2.05, 4.69) is 13.0 Å². The second-order valence-electron chi connectivity index (χ2n) is 6.33. The van der Waals surface area contributed by atoms with Crippen LogP contribution in [0.2, 0.25) is 0 Å². The van der Waals surface area contributed by atoms with Gasteiger partial charge in [-0.05, 0) is 54.3 Å². The van der Waals surface area contributed by atoms with E-state index >= 15 is 0 Å². The van der Waals surface area contributed by atoms with Crippen molar-refractivity contribution >= 4 is 23.2 Å². The van der Waals surface area contributed by atoms with Crippen LogP contribution in [0.4, 0.5) is 0 Å². The van der Waals surface area contributed by atoms with Crippen LogP contribution < -0.4 is 9.64 Å². The highest BCUT2D eigenvalue weighted by atomic mass is 32.1. The molecule has 3 rings (SSSR count). The lowest BCUT2D eigenvalue weighted by atomic mass is 10.0. The monoisotopic (exact) mass is 342 g/mol. The zero-order valence-electron chi connectivity index (χ0n) is 14.3. The van der Waals surface area contributed by atoms with E-state index in [0.29, 0.717) is 0 Å². The van der Waals surface area contributed by atoms with Crippen molar-refractivity contribution in [3.63, 3.8) is 0 Å². The molecule has 3 nitrogen and oxygen atoms in total. The molecule has 2 aromatic rings. The van der Waals surface area contributed by atoms with Crippen LogP contribution in [-0.4, -0.2) is 26.0 Å². The fraction of sp³-hybridized carbons (Fsp3) is 0.350. The van der Waals surface area contributed by atoms with Gasteiger partial charge in [0.15, 0.2) is 5.78 Å². The van der Waals surface area contributed by atoms with Crippen molar-refractivity contribution in [3.8, 4) is 5.75 Å². The summed E-state index contributed by atoms with van der Waals surface area (Å²) in [5, 5.41) is 2.05. The highest BCUT2D eigenvalue weighted by Crippen LogP contribution is 2.21. The molecule has 24 heavy (non-hydrogen) atoms. The molecule has 0 atom stereocenters. The minimum Gasteiger partial charge on any atom is -0.496 e. The van der Waals surface area contributed by atoms with Crippen LogP contribution in [0, 0.1) is 6.92 Å². The zero-order chi connectivity index (χ0) is 16.9. The lowest BCUT2D eigenvalue weighted by Crippen LogP contribution is -3.08. The molecule has 1 aromatic carbocycles. The number of hydrogen-bond acceptors (Lipinski definition) is 3. The Kier molecular flexibility index (Phi) is 5.48. The SMILES string of the molecule is COc1ccc(C(=O)/C=C/c2sccc2C)cc1C[NH+]1CCCC1. The third-order valence-corrected chi connectivity index (χ3v) is 5.59. The third kappa shape index (κ3) is 3.94. The van der Waals surface area contributed by atoms with Crippen molar-refractivity contribution in [3.05, 3.63) is 57.3 Å². The van der Waals surface area contributed by atoms with Crippen molar-refractivity contribution in [2.45, 2.75) is 26.3 Å². The Hall–Kier alpha value is -1.91. The Labute approximate surface area is 147 Å². The Morgan fingerprint density at radius 2 is 2.08 bits per heavy atom. The number of ether oxygens (including phenoxy) is 1. The van der Waals surface area contributed by atoms with E-state index in [1.165, 1.54) is 31.5 Å². The quantitative estimate of drug-likeness (QED) is 0.646. The molecule has 0 unspecified atom stereocenters. The van der Waals surface area contributed by atoms with Crippen LogP contribution in [-0.2, 0) is 6.54 Å². The Bertz CT molecular complexity index is 742. The first-order valence-electron chi connectivity index (χ1n) is 8.44. The lowest BCUT2D eigenvalue weighted by Gasteiger charge is -2.15. The molecule has 126 valence electrons. The third-order valence-electron chi connectivity index (χ3n) is 4.60. The molecule has 0 saturated carbocycles. The van der Waals surface area contributed by atoms with Crippen LogP contribution in [0.3, 0.4) is 0 Å². The Morgan fingerprint density at radius 1 is 1.29 bits per heavy atom. The standard InChI is InChI=1S/C20H23NO2S/c1-15-9-12-24-20(15)8-6-18(22)16-5-7-19(23-2)17(13-16)14-21-10-3-4-11-21/h5-9,12-13H,3-4,10-11,14H2,1-2H3/p+1/b8-6+. The van der Waals surface area contributed by atoms with Gasteiger partial charge in [-0.25, -0.2) is 0 Å². The number of quaternary nitrogens is 1. The summed E-state index contributed by atoms with van der Waals surface area (Å²) in [6.07, 6.45) is 6.17. The number of hydrogen-bond donors (Lipinski definition) is 1. The molecule has 0 radical (unpaired) electrons. The number of rotatable bonds is 6. The number of aryl methyl sites for hydroxylation is 1. The molecular weight excluding hydrogens is 318 g/mol. The summed E-state index contributed by atoms with van der Waals surface area (Å²) in [6.45, 7) is 5.40. The summed E-state index contributed by atoms with van der Waals surface area (Å²) in [6, 6.07) is 7.84. The van der Waals surface area contributed by atoms with Crippen molar-refractivity contribution in [2.24, 2.45) is 0 Å². The molecule has 2 heterocycles. The number of methoxy groups -OCH3 is 1. The van der Waals surface area contributed by atoms with E-state index in [1.807, 2.05) is 29.7 Å². The summed E-state index contributed by atoms with van der Waals surface area (Å²) >= 11 is 1.65. The summed E-state index contributed by atoms with van der Waals surface area (Å²) in [5.41, 5.74) is 3.06. The number of carbonyl (C=O) groups excluding carboxylic acids is 1. The van der Waals surface area contributed by atoms with Crippen LogP contribution in [0.1, 0.15) is 39.2 Å². The normalized spacial score (nSPS) is 15.2. The minimum absolute atomic E-state index is 0.0446. The van der Waals surface area contributed by atoms with Gasteiger partial charge in [-0.1, -0.05) is 0 Å². The smallest absolute Gasteiger partial charge is 0.185 e. The van der Waals surface area contributed by atoms with Crippen molar-refractivity contribution < 1.29 is 14.4 Å². The van der Waals surface area contributed by atoms with Gasteiger partial charge in [0, 0.05) is 28.8 Å². The van der Waals surface area contributed by atoms with Gasteiger partial charge in [-0.3, -0.25) is 4.79 Å². The molecule has 1 aliphatic heterocycles. The maximum atomic E-state index is 12.5. The van der Waals surface area contributed by atoms with Gasteiger partial charge in [0.1, 0.15) is 12.3 Å². The molecule has 1 fully saturated rings. The fourth-order valence-corrected chi connectivity index (χ4v) is 4.01. The molecule has 0 bridgehead atoms. The predicted octanol–water partition coefficient (Wildman–Crippen LogP) is 3.14. The lowest BCUT2D eigenvalue weighted by molar-refractivity contribution is -0.901. The first-order chi connectivity index (χ1) is 11.7. The van der Waals surface area contributed by atoms with Crippen molar-refractivity contribution in [2.75, 3.05) is 20.2 Å². The zero-order valence-corrected chi connectivity index (χ0v) is 15.1. The summed E-state index contributed by atoms with van der Waals surface area (Å²) in [4.78, 5) is 15.2. The van der Waals surface area contributed by atoms with E-state index in [4.69, 9.17) is 4.74 Å². The van der Waals surface area contributed by atoms with E-state index in [9.17, 15) is 4.79 Å². The Morgan fingerprint density at radius 3 is 2.75 bits per heavy atom. The number of ketones is 1. The first-order valence-corrected chi connectivity index (χ1v) is 9.32. The van der Waals surface area contributed by atoms with Crippen LogP contribution in [0.25, 0.3) is 6.08 Å². The molecule has 0 aliphatic carbocycles. The number of carbonyl (C=O) groups is 1. The average Bonchev–Trinajstić information content (AvgIpc) is 3.24. The number of thiophene rings is 1. The van der Waals surface area contributed by atoms with Crippen molar-refractivity contribution in [1.82, 2.24) is 0 Å². The van der Waals surface area contributed by atoms with Gasteiger partial charge in [0.2, 0.25) is 0 Å². The number of allylic oxidation sites excluding steroid dienone is 1. The highest BCUT2D eigenvalue weighted by Gasteiger charge is 2.18. The van der Waals surface area contributed by atoms with Gasteiger partial charge < -0.3 is 9.64 Å². The topological polar surface area (TPSA) is 30.7 Å². The fourth-order valence-electron chi connectivity index (χ4n) is 3.19. The van der Waals surface area contributed by atoms with E-state index < -0.39 is 0 Å². The summed E-state index contributed by atoms with van der Waals surface area (Å²) in [5.74, 6) is 0.923. The van der Waals surface area contributed by atoms with E-state index in [1.54, 1.807) is 29.4 Å². The summed E-state index contributed by atoms with van der Waals surface area (Å²) in [7, 11) is 1.69. The molecule has 1 saturated heterocycles. The van der Waals surface area contributed by atoms with Gasteiger partial charge in [-0.2, -0.15) is 0 Å². The minimum atomic E-state index is 0.0446. The first kappa shape index (κ1) is 16.9. The van der Waals surface area contributed by atoms with Crippen molar-refractivity contribution in [1.29, 1.82) is 0 Å². The van der Waals surface area contributed by atoms with Gasteiger partial charge in [-0.15, -0.1) is 11.3 Å². The van der Waals surface area contributed by atoms with Crippen LogP contribution >= 0.6 is 11.3 Å². The van der Waals surface area contributed by atoms with Gasteiger partial charge >= 0.3 is 0 Å². The molecular formula is C20H24NO2S+. The van der Waals surface area contributed by atoms with Gasteiger partial charge in [0.25, 0.3) is 0 Å². The molecule has 0 amide bonds. The van der Waals surface area contributed by atoms with Crippen LogP contribution in [0.15, 0.2) is 35.7 Å². The largest absolute Gasteiger partial charge is 0.496 e. The number of nitrogens with one attached hydrogen (secondary N) is 1. The summed E-state index contributed by atoms with van der Waals surface area (Å²) < 4.78 is 5.48. The highest BCUT2D eigenvalue weighted by molar-refractivity contribution is 7.11. The maximum Gasteiger partial charge on any atom is 0.185 e. The number of benzene rings is 1. The molecule has 1 N–H and O–H groups in total. The molecule has 1 aromatic heterocycles. The second-order valence-corrected chi connectivity index (χ2v) is 7.27. The predicted molar refractivity (Wildman–Crippen MR) is 99.0 cm³/mol. The Balaban J connectivity index is 1.78. The molecule has 4 heteroatoms. The van der Waals surface area contributed by atoms with E-state index in [-0.39, 0.29) is 5.78 Å². The maximum absolute atomic E-state index is 12.5. The van der Waals surface area contributed by atoms with Gasteiger partial charge in [0.05, 0.1) is 20.2 Å². The number of likely N-dealkylation sites (tertiary alicyclic amines) is 1. The second kappa shape index (κ2) is 7.77. The molecule has 1 aliphatic rings. The van der Waals surface area contributed by atoms with Crippen LogP contribution in [0.5, 0.6) is 5.75 Å². The van der Waals surface area contributed by atoms with E-state index in [0.717, 1.165) is 28.3 Å². The average molecular weight is 342 g/mol. The molecule has 0 spiro atoms.